The maximum atomic E-state index is 10.2. The SMILES string of the molecule is O=C(O)CCCSc1cnccn1. The number of aliphatic carboxylic acids is 1. The molecule has 1 aromatic rings. The third-order valence-electron chi connectivity index (χ3n) is 1.32. The molecule has 1 heterocycles. The summed E-state index contributed by atoms with van der Waals surface area (Å²) in [6.45, 7) is 0. The predicted octanol–water partition coefficient (Wildman–Crippen LogP) is 1.43. The molecular formula is C8H10N2O2S. The van der Waals surface area contributed by atoms with E-state index in [9.17, 15) is 4.79 Å². The minimum absolute atomic E-state index is 0.216. The lowest BCUT2D eigenvalue weighted by Gasteiger charge is -1.97. The summed E-state index contributed by atoms with van der Waals surface area (Å²) in [5.74, 6) is 0.0186. The Morgan fingerprint density at radius 2 is 2.38 bits per heavy atom. The lowest BCUT2D eigenvalue weighted by Crippen LogP contribution is -1.95. The van der Waals surface area contributed by atoms with E-state index in [1.807, 2.05) is 0 Å². The second-order valence-corrected chi connectivity index (χ2v) is 3.50. The van der Waals surface area contributed by atoms with Gasteiger partial charge in [0.2, 0.25) is 0 Å². The number of hydrogen-bond donors (Lipinski definition) is 1. The summed E-state index contributed by atoms with van der Waals surface area (Å²) in [5, 5.41) is 9.21. The molecule has 0 atom stereocenters. The maximum Gasteiger partial charge on any atom is 0.303 e. The summed E-state index contributed by atoms with van der Waals surface area (Å²) in [6, 6.07) is 0. The first-order chi connectivity index (χ1) is 6.29. The van der Waals surface area contributed by atoms with Crippen molar-refractivity contribution < 1.29 is 9.90 Å². The Labute approximate surface area is 80.4 Å². The second-order valence-electron chi connectivity index (χ2n) is 2.39. The summed E-state index contributed by atoms with van der Waals surface area (Å²) < 4.78 is 0. The zero-order valence-electron chi connectivity index (χ0n) is 7.01. The summed E-state index contributed by atoms with van der Waals surface area (Å²) in [4.78, 5) is 18.1. The first kappa shape index (κ1) is 9.98. The molecule has 13 heavy (non-hydrogen) atoms. The van der Waals surface area contributed by atoms with E-state index in [0.29, 0.717) is 6.42 Å². The number of nitrogens with zero attached hydrogens (tertiary/aromatic N) is 2. The fourth-order valence-electron chi connectivity index (χ4n) is 0.760. The molecule has 1 N–H and O–H groups in total. The summed E-state index contributed by atoms with van der Waals surface area (Å²) in [6.07, 6.45) is 5.79. The van der Waals surface area contributed by atoms with Gasteiger partial charge < -0.3 is 5.11 Å². The van der Waals surface area contributed by atoms with Gasteiger partial charge in [0.25, 0.3) is 0 Å². The van der Waals surface area contributed by atoms with Gasteiger partial charge in [-0.2, -0.15) is 0 Å². The molecule has 0 amide bonds. The molecule has 0 aliphatic heterocycles. The van der Waals surface area contributed by atoms with Crippen molar-refractivity contribution in [1.82, 2.24) is 9.97 Å². The Hall–Kier alpha value is -1.10. The molecule has 0 radical (unpaired) electrons. The van der Waals surface area contributed by atoms with Crippen molar-refractivity contribution in [3.63, 3.8) is 0 Å². The van der Waals surface area contributed by atoms with E-state index in [2.05, 4.69) is 9.97 Å². The molecule has 0 aliphatic carbocycles. The van der Waals surface area contributed by atoms with Crippen LogP contribution in [0.25, 0.3) is 0 Å². The van der Waals surface area contributed by atoms with Gasteiger partial charge >= 0.3 is 5.97 Å². The van der Waals surface area contributed by atoms with E-state index >= 15 is 0 Å². The minimum atomic E-state index is -0.750. The number of rotatable bonds is 5. The molecule has 0 aromatic carbocycles. The van der Waals surface area contributed by atoms with Gasteiger partial charge in [-0.3, -0.25) is 9.78 Å². The molecule has 1 aromatic heterocycles. The van der Waals surface area contributed by atoms with Crippen LogP contribution in [0.2, 0.25) is 0 Å². The number of carbonyl (C=O) groups is 1. The van der Waals surface area contributed by atoms with Crippen LogP contribution in [0.5, 0.6) is 0 Å². The van der Waals surface area contributed by atoms with E-state index in [0.717, 1.165) is 10.8 Å². The van der Waals surface area contributed by atoms with E-state index in [1.54, 1.807) is 18.6 Å². The van der Waals surface area contributed by atoms with Gasteiger partial charge in [-0.25, -0.2) is 4.98 Å². The number of hydrogen-bond acceptors (Lipinski definition) is 4. The number of carboxylic acid groups (broad SMARTS) is 1. The standard InChI is InChI=1S/C8H10N2O2S/c11-8(12)2-1-5-13-7-6-9-3-4-10-7/h3-4,6H,1-2,5H2,(H,11,12). The van der Waals surface area contributed by atoms with Crippen LogP contribution in [0.3, 0.4) is 0 Å². The van der Waals surface area contributed by atoms with Gasteiger partial charge in [0, 0.05) is 24.6 Å². The molecular weight excluding hydrogens is 188 g/mol. The molecule has 0 aliphatic rings. The summed E-state index contributed by atoms with van der Waals surface area (Å²) in [7, 11) is 0. The minimum Gasteiger partial charge on any atom is -0.481 e. The van der Waals surface area contributed by atoms with Crippen molar-refractivity contribution in [2.75, 3.05) is 5.75 Å². The lowest BCUT2D eigenvalue weighted by molar-refractivity contribution is -0.137. The molecule has 4 nitrogen and oxygen atoms in total. The van der Waals surface area contributed by atoms with Crippen molar-refractivity contribution >= 4 is 17.7 Å². The zero-order chi connectivity index (χ0) is 9.52. The van der Waals surface area contributed by atoms with Crippen LogP contribution in [0, 0.1) is 0 Å². The van der Waals surface area contributed by atoms with Crippen molar-refractivity contribution in [2.24, 2.45) is 0 Å². The molecule has 1 rings (SSSR count). The van der Waals surface area contributed by atoms with Crippen LogP contribution in [0.15, 0.2) is 23.6 Å². The third kappa shape index (κ3) is 4.47. The highest BCUT2D eigenvalue weighted by molar-refractivity contribution is 7.99. The maximum absolute atomic E-state index is 10.2. The second kappa shape index (κ2) is 5.53. The third-order valence-corrected chi connectivity index (χ3v) is 2.32. The van der Waals surface area contributed by atoms with Gasteiger partial charge in [-0.15, -0.1) is 11.8 Å². The number of carboxylic acids is 1. The molecule has 0 unspecified atom stereocenters. The lowest BCUT2D eigenvalue weighted by atomic mass is 10.3. The quantitative estimate of drug-likeness (QED) is 0.573. The Morgan fingerprint density at radius 1 is 1.54 bits per heavy atom. The van der Waals surface area contributed by atoms with E-state index < -0.39 is 5.97 Å². The van der Waals surface area contributed by atoms with Crippen LogP contribution in [-0.2, 0) is 4.79 Å². The first-order valence-corrected chi connectivity index (χ1v) is 4.88. The Kier molecular flexibility index (Phi) is 4.25. The molecule has 0 bridgehead atoms. The Bertz CT molecular complexity index is 266. The van der Waals surface area contributed by atoms with Gasteiger partial charge in [0.15, 0.2) is 0 Å². The zero-order valence-corrected chi connectivity index (χ0v) is 7.83. The van der Waals surface area contributed by atoms with Crippen molar-refractivity contribution in [1.29, 1.82) is 0 Å². The fourth-order valence-corrected chi connectivity index (χ4v) is 1.53. The van der Waals surface area contributed by atoms with Crippen LogP contribution in [0.1, 0.15) is 12.8 Å². The first-order valence-electron chi connectivity index (χ1n) is 3.89. The fraction of sp³-hybridized carbons (Fsp3) is 0.375. The van der Waals surface area contributed by atoms with Crippen molar-refractivity contribution in [3.05, 3.63) is 18.6 Å². The van der Waals surface area contributed by atoms with Crippen molar-refractivity contribution in [3.8, 4) is 0 Å². The Balaban J connectivity index is 2.17. The van der Waals surface area contributed by atoms with E-state index in [1.165, 1.54) is 11.8 Å². The molecule has 5 heteroatoms. The molecule has 70 valence electrons. The van der Waals surface area contributed by atoms with E-state index in [4.69, 9.17) is 5.11 Å². The van der Waals surface area contributed by atoms with Crippen LogP contribution in [0.4, 0.5) is 0 Å². The average Bonchev–Trinajstić information content (AvgIpc) is 2.14. The molecule has 0 fully saturated rings. The number of thioether (sulfide) groups is 1. The largest absolute Gasteiger partial charge is 0.481 e. The van der Waals surface area contributed by atoms with Gasteiger partial charge in [0.05, 0.1) is 6.20 Å². The van der Waals surface area contributed by atoms with Gasteiger partial charge in [-0.1, -0.05) is 0 Å². The smallest absolute Gasteiger partial charge is 0.303 e. The van der Waals surface area contributed by atoms with Gasteiger partial charge in [-0.05, 0) is 6.42 Å². The van der Waals surface area contributed by atoms with Crippen LogP contribution < -0.4 is 0 Å². The number of aromatic nitrogens is 2. The molecule has 0 saturated heterocycles. The normalized spacial score (nSPS) is 9.85. The topological polar surface area (TPSA) is 63.1 Å². The monoisotopic (exact) mass is 198 g/mol. The predicted molar refractivity (Wildman–Crippen MR) is 49.6 cm³/mol. The highest BCUT2D eigenvalue weighted by atomic mass is 32.2. The van der Waals surface area contributed by atoms with E-state index in [-0.39, 0.29) is 6.42 Å². The highest BCUT2D eigenvalue weighted by Gasteiger charge is 1.98. The Morgan fingerprint density at radius 3 is 3.00 bits per heavy atom. The van der Waals surface area contributed by atoms with Crippen molar-refractivity contribution in [2.45, 2.75) is 17.9 Å². The van der Waals surface area contributed by atoms with Crippen LogP contribution >= 0.6 is 11.8 Å². The molecule has 0 saturated carbocycles. The summed E-state index contributed by atoms with van der Waals surface area (Å²) in [5.41, 5.74) is 0. The summed E-state index contributed by atoms with van der Waals surface area (Å²) >= 11 is 1.53. The van der Waals surface area contributed by atoms with Gasteiger partial charge in [0.1, 0.15) is 5.03 Å². The average molecular weight is 198 g/mol. The molecule has 0 spiro atoms. The highest BCUT2D eigenvalue weighted by Crippen LogP contribution is 2.14. The van der Waals surface area contributed by atoms with Crippen LogP contribution in [-0.4, -0.2) is 26.8 Å².